The highest BCUT2D eigenvalue weighted by atomic mass is 19.4. The first-order valence-corrected chi connectivity index (χ1v) is 9.86. The van der Waals surface area contributed by atoms with Crippen LogP contribution in [0.2, 0.25) is 0 Å². The van der Waals surface area contributed by atoms with E-state index in [1.54, 1.807) is 50.2 Å². The van der Waals surface area contributed by atoms with Gasteiger partial charge in [-0.2, -0.15) is 0 Å². The lowest BCUT2D eigenvalue weighted by Gasteiger charge is -2.17. The molecule has 32 heavy (non-hydrogen) atoms. The molecule has 0 radical (unpaired) electrons. The molecule has 9 heteroatoms. The van der Waals surface area contributed by atoms with Gasteiger partial charge in [0.15, 0.2) is 0 Å². The normalized spacial score (nSPS) is 12.6. The van der Waals surface area contributed by atoms with Crippen molar-refractivity contribution in [1.29, 1.82) is 0 Å². The Morgan fingerprint density at radius 2 is 1.84 bits per heavy atom. The monoisotopic (exact) mass is 449 g/mol. The van der Waals surface area contributed by atoms with Gasteiger partial charge in [-0.05, 0) is 46.9 Å². The average molecular weight is 449 g/mol. The molecule has 3 rings (SSSR count). The topological polar surface area (TPSA) is 81.8 Å². The van der Waals surface area contributed by atoms with Crippen molar-refractivity contribution in [2.45, 2.75) is 45.1 Å². The van der Waals surface area contributed by atoms with Crippen molar-refractivity contribution >= 4 is 5.97 Å². The molecule has 0 saturated heterocycles. The maximum Gasteiger partial charge on any atom is 0.573 e. The number of ether oxygens (including phenoxy) is 2. The Balaban J connectivity index is 1.71. The van der Waals surface area contributed by atoms with Crippen LogP contribution >= 0.6 is 0 Å². The van der Waals surface area contributed by atoms with Crippen LogP contribution in [0.4, 0.5) is 13.2 Å². The van der Waals surface area contributed by atoms with Crippen molar-refractivity contribution in [3.63, 3.8) is 0 Å². The highest BCUT2D eigenvalue weighted by Crippen LogP contribution is 2.33. The van der Waals surface area contributed by atoms with Crippen LogP contribution in [0, 0.1) is 0 Å². The molecule has 170 valence electrons. The summed E-state index contributed by atoms with van der Waals surface area (Å²) in [4.78, 5) is 11.2. The number of carbonyl (C=O) groups is 1. The third kappa shape index (κ3) is 6.26. The summed E-state index contributed by atoms with van der Waals surface area (Å²) in [6.07, 6.45) is -3.51. The highest BCUT2D eigenvalue weighted by Gasteiger charge is 2.32. The second-order valence-electron chi connectivity index (χ2n) is 7.51. The standard InChI is InChI=1S/C23H22F3NO5/c1-14(2)18-11-15(3-8-21(18)32-23(24,25)26)13-30-17-6-4-16(5-7-17)19(12-22(28)29)20-9-10-31-27-20/h3-11,14,19H,12-13H2,1-2H3,(H,28,29). The largest absolute Gasteiger partial charge is 0.573 e. The molecular weight excluding hydrogens is 427 g/mol. The van der Waals surface area contributed by atoms with E-state index in [1.165, 1.54) is 18.4 Å². The summed E-state index contributed by atoms with van der Waals surface area (Å²) in [7, 11) is 0. The second-order valence-corrected chi connectivity index (χ2v) is 7.51. The van der Waals surface area contributed by atoms with Crippen LogP contribution in [-0.2, 0) is 11.4 Å². The van der Waals surface area contributed by atoms with Crippen LogP contribution in [0.15, 0.2) is 59.3 Å². The molecular formula is C23H22F3NO5. The first-order chi connectivity index (χ1) is 15.1. The smallest absolute Gasteiger partial charge is 0.489 e. The molecule has 1 unspecified atom stereocenters. The Labute approximate surface area is 182 Å². The molecule has 1 heterocycles. The van der Waals surface area contributed by atoms with Crippen molar-refractivity contribution in [1.82, 2.24) is 5.16 Å². The summed E-state index contributed by atoms with van der Waals surface area (Å²) in [6, 6.07) is 13.0. The van der Waals surface area contributed by atoms with Gasteiger partial charge in [0.05, 0.1) is 12.1 Å². The summed E-state index contributed by atoms with van der Waals surface area (Å²) in [5.74, 6) is -1.29. The molecule has 0 amide bonds. The van der Waals surface area contributed by atoms with Gasteiger partial charge in [-0.15, -0.1) is 13.2 Å². The lowest BCUT2D eigenvalue weighted by atomic mass is 9.92. The third-order valence-corrected chi connectivity index (χ3v) is 4.80. The van der Waals surface area contributed by atoms with Crippen LogP contribution in [0.1, 0.15) is 54.5 Å². The number of benzene rings is 2. The number of rotatable bonds is 9. The minimum atomic E-state index is -4.76. The molecule has 1 aromatic heterocycles. The van der Waals surface area contributed by atoms with Gasteiger partial charge in [0.1, 0.15) is 24.4 Å². The van der Waals surface area contributed by atoms with E-state index in [4.69, 9.17) is 9.26 Å². The fraction of sp³-hybridized carbons (Fsp3) is 0.304. The highest BCUT2D eigenvalue weighted by molar-refractivity contribution is 5.68. The maximum atomic E-state index is 12.6. The zero-order valence-electron chi connectivity index (χ0n) is 17.4. The average Bonchev–Trinajstić information content (AvgIpc) is 3.25. The molecule has 3 aromatic rings. The quantitative estimate of drug-likeness (QED) is 0.439. The summed E-state index contributed by atoms with van der Waals surface area (Å²) in [6.45, 7) is 3.71. The number of hydrogen-bond acceptors (Lipinski definition) is 5. The molecule has 1 N–H and O–H groups in total. The first kappa shape index (κ1) is 23.2. The summed E-state index contributed by atoms with van der Waals surface area (Å²) in [5, 5.41) is 13.0. The van der Waals surface area contributed by atoms with Crippen LogP contribution in [0.25, 0.3) is 0 Å². The van der Waals surface area contributed by atoms with E-state index in [9.17, 15) is 23.1 Å². The Kier molecular flexibility index (Phi) is 7.07. The van der Waals surface area contributed by atoms with E-state index in [1.807, 2.05) is 0 Å². The van der Waals surface area contributed by atoms with Crippen LogP contribution < -0.4 is 9.47 Å². The fourth-order valence-corrected chi connectivity index (χ4v) is 3.29. The van der Waals surface area contributed by atoms with E-state index in [0.717, 1.165) is 5.56 Å². The van der Waals surface area contributed by atoms with Crippen molar-refractivity contribution in [3.05, 3.63) is 77.2 Å². The van der Waals surface area contributed by atoms with Crippen molar-refractivity contribution in [2.24, 2.45) is 0 Å². The van der Waals surface area contributed by atoms with Gasteiger partial charge in [0.2, 0.25) is 0 Å². The van der Waals surface area contributed by atoms with Crippen molar-refractivity contribution < 1.29 is 37.1 Å². The van der Waals surface area contributed by atoms with Gasteiger partial charge in [0.25, 0.3) is 0 Å². The Morgan fingerprint density at radius 1 is 1.12 bits per heavy atom. The van der Waals surface area contributed by atoms with Gasteiger partial charge in [-0.3, -0.25) is 4.79 Å². The molecule has 0 saturated carbocycles. The van der Waals surface area contributed by atoms with E-state index in [-0.39, 0.29) is 24.7 Å². The first-order valence-electron chi connectivity index (χ1n) is 9.86. The number of carboxylic acids is 1. The maximum absolute atomic E-state index is 12.6. The van der Waals surface area contributed by atoms with Crippen molar-refractivity contribution in [3.8, 4) is 11.5 Å². The zero-order chi connectivity index (χ0) is 23.3. The molecule has 0 fully saturated rings. The van der Waals surface area contributed by atoms with Crippen LogP contribution in [0.5, 0.6) is 11.5 Å². The fourth-order valence-electron chi connectivity index (χ4n) is 3.29. The lowest BCUT2D eigenvalue weighted by Crippen LogP contribution is -2.18. The van der Waals surface area contributed by atoms with Crippen molar-refractivity contribution in [2.75, 3.05) is 0 Å². The van der Waals surface area contributed by atoms with E-state index in [0.29, 0.717) is 22.6 Å². The predicted octanol–water partition coefficient (Wildman–Crippen LogP) is 5.88. The molecule has 0 aliphatic rings. The van der Waals surface area contributed by atoms with Gasteiger partial charge < -0.3 is 19.1 Å². The van der Waals surface area contributed by atoms with E-state index < -0.39 is 18.2 Å². The number of halogens is 3. The number of aliphatic carboxylic acids is 1. The molecule has 6 nitrogen and oxygen atoms in total. The molecule has 0 aliphatic heterocycles. The zero-order valence-corrected chi connectivity index (χ0v) is 17.4. The Hall–Kier alpha value is -3.49. The third-order valence-electron chi connectivity index (χ3n) is 4.80. The Bertz CT molecular complexity index is 1030. The van der Waals surface area contributed by atoms with Crippen LogP contribution in [-0.4, -0.2) is 22.6 Å². The number of hydrogen-bond donors (Lipinski definition) is 1. The van der Waals surface area contributed by atoms with Gasteiger partial charge in [-0.25, -0.2) is 0 Å². The number of carboxylic acid groups (broad SMARTS) is 1. The molecule has 0 bridgehead atoms. The summed E-state index contributed by atoms with van der Waals surface area (Å²) < 4.78 is 52.5. The van der Waals surface area contributed by atoms with Gasteiger partial charge >= 0.3 is 12.3 Å². The Morgan fingerprint density at radius 3 is 2.41 bits per heavy atom. The van der Waals surface area contributed by atoms with Crippen LogP contribution in [0.3, 0.4) is 0 Å². The second kappa shape index (κ2) is 9.76. The lowest BCUT2D eigenvalue weighted by molar-refractivity contribution is -0.275. The predicted molar refractivity (Wildman–Crippen MR) is 109 cm³/mol. The molecule has 0 aliphatic carbocycles. The minimum absolute atomic E-state index is 0.142. The van der Waals surface area contributed by atoms with Gasteiger partial charge in [0, 0.05) is 12.0 Å². The van der Waals surface area contributed by atoms with E-state index in [2.05, 4.69) is 9.89 Å². The summed E-state index contributed by atoms with van der Waals surface area (Å²) in [5.41, 5.74) is 2.38. The summed E-state index contributed by atoms with van der Waals surface area (Å²) >= 11 is 0. The number of nitrogens with zero attached hydrogens (tertiary/aromatic N) is 1. The van der Waals surface area contributed by atoms with Gasteiger partial charge in [-0.1, -0.05) is 37.2 Å². The molecule has 1 atom stereocenters. The number of alkyl halides is 3. The minimum Gasteiger partial charge on any atom is -0.489 e. The SMILES string of the molecule is CC(C)c1cc(COc2ccc(C(CC(=O)O)c3ccon3)cc2)ccc1OC(F)(F)F. The van der Waals surface area contributed by atoms with E-state index >= 15 is 0 Å². The molecule has 0 spiro atoms. The number of aromatic nitrogens is 1. The molecule has 2 aromatic carbocycles.